The summed E-state index contributed by atoms with van der Waals surface area (Å²) in [6, 6.07) is 9.80. The minimum atomic E-state index is -0.793. The van der Waals surface area contributed by atoms with Gasteiger partial charge in [0.05, 0.1) is 0 Å². The monoisotopic (exact) mass is 437 g/mol. The van der Waals surface area contributed by atoms with Gasteiger partial charge in [-0.2, -0.15) is 0 Å². The van der Waals surface area contributed by atoms with E-state index < -0.39 is 17.5 Å². The Morgan fingerprint density at radius 2 is 2.00 bits per heavy atom. The highest BCUT2D eigenvalue weighted by atomic mass is 19.1. The highest BCUT2D eigenvalue weighted by Crippen LogP contribution is 2.33. The van der Waals surface area contributed by atoms with Crippen LogP contribution < -0.4 is 10.5 Å². The molecule has 1 fully saturated rings. The molecule has 1 aliphatic rings. The molecule has 7 nitrogen and oxygen atoms in total. The number of benzene rings is 2. The number of aromatic nitrogens is 3. The second kappa shape index (κ2) is 7.76. The van der Waals surface area contributed by atoms with Gasteiger partial charge in [-0.05, 0) is 56.4 Å². The van der Waals surface area contributed by atoms with Gasteiger partial charge in [0.25, 0.3) is 5.91 Å². The van der Waals surface area contributed by atoms with Gasteiger partial charge in [-0.3, -0.25) is 9.89 Å². The number of likely N-dealkylation sites (tertiary alicyclic amines) is 1. The molecule has 0 spiro atoms. The lowest BCUT2D eigenvalue weighted by molar-refractivity contribution is 0.0994. The molecule has 1 unspecified atom stereocenters. The number of hydrogen-bond donors (Lipinski definition) is 2. The molecule has 1 aliphatic heterocycles. The van der Waals surface area contributed by atoms with Gasteiger partial charge in [-0.15, -0.1) is 0 Å². The number of halogens is 2. The van der Waals surface area contributed by atoms with Crippen molar-refractivity contribution in [1.29, 1.82) is 0 Å². The second-order valence-corrected chi connectivity index (χ2v) is 8.01. The lowest BCUT2D eigenvalue weighted by Crippen LogP contribution is -2.15. The smallest absolute Gasteiger partial charge is 0.269 e. The average molecular weight is 437 g/mol. The van der Waals surface area contributed by atoms with Gasteiger partial charge in [0, 0.05) is 35.9 Å². The molecule has 1 amide bonds. The molecule has 5 rings (SSSR count). The van der Waals surface area contributed by atoms with E-state index in [0.717, 1.165) is 37.2 Å². The van der Waals surface area contributed by atoms with Crippen LogP contribution in [0, 0.1) is 11.6 Å². The Morgan fingerprint density at radius 1 is 1.22 bits per heavy atom. The van der Waals surface area contributed by atoms with Crippen LogP contribution in [0.2, 0.25) is 0 Å². The van der Waals surface area contributed by atoms with E-state index in [1.54, 1.807) is 28.8 Å². The number of ether oxygens (including phenoxy) is 1. The number of rotatable bonds is 5. The molecule has 0 aliphatic carbocycles. The van der Waals surface area contributed by atoms with Crippen LogP contribution in [0.15, 0.2) is 48.7 Å². The highest BCUT2D eigenvalue weighted by molar-refractivity contribution is 5.98. The van der Waals surface area contributed by atoms with Gasteiger partial charge in [-0.1, -0.05) is 0 Å². The fourth-order valence-electron chi connectivity index (χ4n) is 4.22. The van der Waals surface area contributed by atoms with Crippen LogP contribution in [0.25, 0.3) is 16.9 Å². The van der Waals surface area contributed by atoms with Crippen molar-refractivity contribution in [2.24, 2.45) is 5.73 Å². The van der Waals surface area contributed by atoms with Crippen molar-refractivity contribution in [1.82, 2.24) is 19.5 Å². The number of nitrogens with one attached hydrogen (secondary N) is 1. The maximum Gasteiger partial charge on any atom is 0.269 e. The number of primary amides is 1. The third-order valence-electron chi connectivity index (χ3n) is 5.80. The van der Waals surface area contributed by atoms with Crippen molar-refractivity contribution in [3.63, 3.8) is 0 Å². The van der Waals surface area contributed by atoms with E-state index in [9.17, 15) is 13.6 Å². The normalized spacial score (nSPS) is 16.7. The number of amides is 1. The summed E-state index contributed by atoms with van der Waals surface area (Å²) in [6.45, 7) is 1.93. The molecular formula is C23H21F2N5O2. The molecule has 9 heteroatoms. The zero-order valence-electron chi connectivity index (χ0n) is 17.3. The summed E-state index contributed by atoms with van der Waals surface area (Å²) in [5, 5.41) is 3.11. The minimum absolute atomic E-state index is 0.0848. The van der Waals surface area contributed by atoms with Crippen LogP contribution in [0.4, 0.5) is 8.78 Å². The third kappa shape index (κ3) is 3.50. The van der Waals surface area contributed by atoms with Gasteiger partial charge >= 0.3 is 0 Å². The molecule has 0 bridgehead atoms. The Hall–Kier alpha value is -3.72. The van der Waals surface area contributed by atoms with Gasteiger partial charge in [0.2, 0.25) is 0 Å². The summed E-state index contributed by atoms with van der Waals surface area (Å²) < 4.78 is 34.1. The van der Waals surface area contributed by atoms with Crippen LogP contribution >= 0.6 is 0 Å². The molecule has 164 valence electrons. The van der Waals surface area contributed by atoms with Gasteiger partial charge in [0.1, 0.15) is 17.3 Å². The van der Waals surface area contributed by atoms with Crippen molar-refractivity contribution < 1.29 is 18.3 Å². The van der Waals surface area contributed by atoms with Gasteiger partial charge in [-0.25, -0.2) is 18.3 Å². The molecule has 0 radical (unpaired) electrons. The Labute approximate surface area is 182 Å². The van der Waals surface area contributed by atoms with Crippen molar-refractivity contribution in [3.8, 4) is 22.8 Å². The number of H-pyrrole nitrogens is 1. The number of aromatic amines is 1. The predicted molar refractivity (Wildman–Crippen MR) is 115 cm³/mol. The Morgan fingerprint density at radius 3 is 2.66 bits per heavy atom. The predicted octanol–water partition coefficient (Wildman–Crippen LogP) is 3.92. The van der Waals surface area contributed by atoms with E-state index in [4.69, 9.17) is 15.5 Å². The first kappa shape index (κ1) is 20.2. The van der Waals surface area contributed by atoms with E-state index in [-0.39, 0.29) is 11.4 Å². The molecule has 3 N–H and O–H groups in total. The van der Waals surface area contributed by atoms with Crippen molar-refractivity contribution >= 4 is 11.6 Å². The summed E-state index contributed by atoms with van der Waals surface area (Å²) in [4.78, 5) is 19.3. The SMILES string of the molecule is CN1CCC(c2c[nH]n3c(C(N)=O)c(-c4ccc(Oc5ccc(F)cc5F)cc4)nc23)C1. The third-order valence-corrected chi connectivity index (χ3v) is 5.80. The van der Waals surface area contributed by atoms with E-state index >= 15 is 0 Å². The maximum atomic E-state index is 13.9. The standard InChI is InChI=1S/C23H21F2N5O2/c1-29-9-8-14(12-29)17-11-27-30-21(22(26)31)20(28-23(17)30)13-2-5-16(6-3-13)32-19-7-4-15(24)10-18(19)25/h2-7,10-11,14,27H,8-9,12H2,1H3,(H2,26,31). The van der Waals surface area contributed by atoms with Crippen LogP contribution in [0.3, 0.4) is 0 Å². The lowest BCUT2D eigenvalue weighted by Gasteiger charge is -2.08. The Balaban J connectivity index is 1.49. The number of carbonyl (C=O) groups excluding carboxylic acids is 1. The lowest BCUT2D eigenvalue weighted by atomic mass is 10.0. The topological polar surface area (TPSA) is 88.7 Å². The maximum absolute atomic E-state index is 13.9. The summed E-state index contributed by atoms with van der Waals surface area (Å²) in [6.07, 6.45) is 2.90. The zero-order valence-corrected chi connectivity index (χ0v) is 17.3. The van der Waals surface area contributed by atoms with E-state index in [1.807, 2.05) is 6.20 Å². The summed E-state index contributed by atoms with van der Waals surface area (Å²) in [5.41, 5.74) is 8.80. The van der Waals surface area contributed by atoms with Crippen LogP contribution in [0.1, 0.15) is 28.4 Å². The van der Waals surface area contributed by atoms with Gasteiger partial charge < -0.3 is 15.4 Å². The summed E-state index contributed by atoms with van der Waals surface area (Å²) in [5.74, 6) is -1.47. The Bertz CT molecular complexity index is 1310. The first-order valence-electron chi connectivity index (χ1n) is 10.2. The van der Waals surface area contributed by atoms with Crippen molar-refractivity contribution in [2.75, 3.05) is 20.1 Å². The zero-order chi connectivity index (χ0) is 22.4. The van der Waals surface area contributed by atoms with Crippen molar-refractivity contribution in [2.45, 2.75) is 12.3 Å². The molecular weight excluding hydrogens is 416 g/mol. The quantitative estimate of drug-likeness (QED) is 0.495. The molecule has 3 heterocycles. The number of fused-ring (bicyclic) bond motifs is 1. The van der Waals surface area contributed by atoms with Crippen molar-refractivity contribution in [3.05, 3.63) is 71.6 Å². The molecule has 4 aromatic rings. The summed E-state index contributed by atoms with van der Waals surface area (Å²) >= 11 is 0. The second-order valence-electron chi connectivity index (χ2n) is 8.01. The molecule has 32 heavy (non-hydrogen) atoms. The van der Waals surface area contributed by atoms with E-state index in [1.165, 1.54) is 6.07 Å². The minimum Gasteiger partial charge on any atom is -0.454 e. The Kier molecular flexibility index (Phi) is 4.90. The van der Waals surface area contributed by atoms with Crippen LogP contribution in [-0.4, -0.2) is 45.5 Å². The largest absolute Gasteiger partial charge is 0.454 e. The molecule has 2 aromatic carbocycles. The highest BCUT2D eigenvalue weighted by Gasteiger charge is 2.28. The van der Waals surface area contributed by atoms with Gasteiger partial charge in [0.15, 0.2) is 22.9 Å². The number of hydrogen-bond acceptors (Lipinski definition) is 4. The van der Waals surface area contributed by atoms with Crippen LogP contribution in [0.5, 0.6) is 11.5 Å². The number of likely N-dealkylation sites (N-methyl/N-ethyl adjacent to an activating group) is 1. The fourth-order valence-corrected chi connectivity index (χ4v) is 4.22. The first-order valence-corrected chi connectivity index (χ1v) is 10.2. The molecule has 0 saturated carbocycles. The summed E-state index contributed by atoms with van der Waals surface area (Å²) in [7, 11) is 2.08. The number of nitrogens with two attached hydrogens (primary N) is 1. The molecule has 1 atom stereocenters. The molecule has 1 saturated heterocycles. The fraction of sp³-hybridized carbons (Fsp3) is 0.217. The first-order chi connectivity index (χ1) is 15.4. The van der Waals surface area contributed by atoms with Crippen LogP contribution in [-0.2, 0) is 0 Å². The van der Waals surface area contributed by atoms with E-state index in [2.05, 4.69) is 17.0 Å². The van der Waals surface area contributed by atoms with E-state index in [0.29, 0.717) is 28.6 Å². The average Bonchev–Trinajstić information content (AvgIpc) is 3.45. The number of imidazole rings is 1. The number of carbonyl (C=O) groups is 1. The molecule has 2 aromatic heterocycles. The number of nitrogens with zero attached hydrogens (tertiary/aromatic N) is 3.